The third-order valence-electron chi connectivity index (χ3n) is 2.43. The molecule has 1 aromatic carbocycles. The molecule has 2 rings (SSSR count). The van der Waals surface area contributed by atoms with Crippen LogP contribution in [0.25, 0.3) is 11.0 Å². The Morgan fingerprint density at radius 3 is 2.59 bits per heavy atom. The summed E-state index contributed by atoms with van der Waals surface area (Å²) in [6, 6.07) is 3.47. The molecule has 0 unspecified atom stereocenters. The van der Waals surface area contributed by atoms with Crippen LogP contribution in [0, 0.1) is 24.0 Å². The van der Waals surface area contributed by atoms with Gasteiger partial charge in [-0.2, -0.15) is 0 Å². The van der Waals surface area contributed by atoms with Gasteiger partial charge in [-0.1, -0.05) is 17.7 Å². The molecule has 0 amide bonds. The van der Waals surface area contributed by atoms with E-state index in [-0.39, 0.29) is 10.6 Å². The maximum absolute atomic E-state index is 11.4. The number of aryl methyl sites for hydroxylation is 2. The summed E-state index contributed by atoms with van der Waals surface area (Å²) in [5, 5.41) is 10.9. The van der Waals surface area contributed by atoms with Crippen molar-refractivity contribution in [3.05, 3.63) is 48.8 Å². The number of halogens is 1. The van der Waals surface area contributed by atoms with Crippen molar-refractivity contribution >= 4 is 28.3 Å². The topological polar surface area (TPSA) is 73.3 Å². The summed E-state index contributed by atoms with van der Waals surface area (Å²) in [6.07, 6.45) is 0. The van der Waals surface area contributed by atoms with Gasteiger partial charge in [0.05, 0.1) is 4.92 Å². The predicted molar refractivity (Wildman–Crippen MR) is 63.6 cm³/mol. The first-order valence-corrected chi connectivity index (χ1v) is 5.17. The van der Waals surface area contributed by atoms with E-state index in [2.05, 4.69) is 0 Å². The molecule has 0 aliphatic rings. The Balaban J connectivity index is 3.02. The average Bonchev–Trinajstić information content (AvgIpc) is 2.19. The fraction of sp³-hybridized carbons (Fsp3) is 0.182. The smallest absolute Gasteiger partial charge is 0.416 e. The molecule has 0 saturated heterocycles. The summed E-state index contributed by atoms with van der Waals surface area (Å²) in [4.78, 5) is 21.3. The maximum Gasteiger partial charge on any atom is 0.416 e. The van der Waals surface area contributed by atoms with Gasteiger partial charge < -0.3 is 4.42 Å². The van der Waals surface area contributed by atoms with Gasteiger partial charge in [0, 0.05) is 5.39 Å². The van der Waals surface area contributed by atoms with E-state index in [1.807, 2.05) is 13.0 Å². The zero-order chi connectivity index (χ0) is 12.7. The third kappa shape index (κ3) is 1.78. The summed E-state index contributed by atoms with van der Waals surface area (Å²) >= 11 is 5.88. The largest absolute Gasteiger partial charge is 0.417 e. The van der Waals surface area contributed by atoms with Gasteiger partial charge in [-0.15, -0.1) is 0 Å². The molecule has 1 heterocycles. The average molecular weight is 254 g/mol. The molecule has 0 fully saturated rings. The van der Waals surface area contributed by atoms with Gasteiger partial charge in [-0.05, 0) is 31.0 Å². The molecule has 88 valence electrons. The molecule has 6 heteroatoms. The molecule has 5 nitrogen and oxygen atoms in total. The Kier molecular flexibility index (Phi) is 2.63. The number of fused-ring (bicyclic) bond motifs is 1. The normalized spacial score (nSPS) is 10.8. The highest BCUT2D eigenvalue weighted by Gasteiger charge is 2.23. The number of nitro groups is 1. The minimum Gasteiger partial charge on any atom is -0.417 e. The number of hydrogen-bond donors (Lipinski definition) is 0. The second-order valence-electron chi connectivity index (χ2n) is 3.77. The second-order valence-corrected chi connectivity index (χ2v) is 4.15. The molecule has 0 aliphatic carbocycles. The van der Waals surface area contributed by atoms with E-state index < -0.39 is 16.2 Å². The summed E-state index contributed by atoms with van der Waals surface area (Å²) in [7, 11) is 0. The van der Waals surface area contributed by atoms with Gasteiger partial charge >= 0.3 is 11.3 Å². The molecular weight excluding hydrogens is 246 g/mol. The highest BCUT2D eigenvalue weighted by atomic mass is 35.5. The molecule has 0 spiro atoms. The summed E-state index contributed by atoms with van der Waals surface area (Å²) in [6.45, 7) is 3.58. The molecule has 17 heavy (non-hydrogen) atoms. The van der Waals surface area contributed by atoms with Crippen LogP contribution in [0.5, 0.6) is 0 Å². The molecule has 1 aromatic heterocycles. The van der Waals surface area contributed by atoms with Crippen LogP contribution in [0.3, 0.4) is 0 Å². The van der Waals surface area contributed by atoms with Crippen LogP contribution < -0.4 is 5.63 Å². The van der Waals surface area contributed by atoms with Gasteiger partial charge in [0.1, 0.15) is 10.6 Å². The summed E-state index contributed by atoms with van der Waals surface area (Å²) < 4.78 is 4.94. The molecule has 0 saturated carbocycles. The van der Waals surface area contributed by atoms with E-state index >= 15 is 0 Å². The minimum atomic E-state index is -1.03. The number of hydrogen-bond acceptors (Lipinski definition) is 4. The highest BCUT2D eigenvalue weighted by molar-refractivity contribution is 6.37. The molecule has 0 bridgehead atoms. The lowest BCUT2D eigenvalue weighted by Gasteiger charge is -2.04. The van der Waals surface area contributed by atoms with Crippen LogP contribution in [0.4, 0.5) is 5.69 Å². The third-order valence-corrected chi connectivity index (χ3v) is 2.82. The quantitative estimate of drug-likeness (QED) is 0.445. The Morgan fingerprint density at radius 1 is 1.35 bits per heavy atom. The predicted octanol–water partition coefficient (Wildman–Crippen LogP) is 2.97. The van der Waals surface area contributed by atoms with Crippen molar-refractivity contribution in [2.75, 3.05) is 0 Å². The van der Waals surface area contributed by atoms with E-state index in [9.17, 15) is 14.9 Å². The van der Waals surface area contributed by atoms with Crippen LogP contribution in [-0.4, -0.2) is 4.92 Å². The van der Waals surface area contributed by atoms with Crippen molar-refractivity contribution in [2.45, 2.75) is 13.8 Å². The fourth-order valence-electron chi connectivity index (χ4n) is 1.77. The Morgan fingerprint density at radius 2 is 2.00 bits per heavy atom. The van der Waals surface area contributed by atoms with Crippen molar-refractivity contribution in [1.29, 1.82) is 0 Å². The lowest BCUT2D eigenvalue weighted by Crippen LogP contribution is -2.08. The number of benzene rings is 1. The monoisotopic (exact) mass is 253 g/mol. The van der Waals surface area contributed by atoms with Gasteiger partial charge in [-0.3, -0.25) is 10.1 Å². The Hall–Kier alpha value is -1.88. The van der Waals surface area contributed by atoms with E-state index in [1.54, 1.807) is 13.0 Å². The Labute approximate surface area is 101 Å². The lowest BCUT2D eigenvalue weighted by atomic mass is 10.1. The zero-order valence-electron chi connectivity index (χ0n) is 9.11. The maximum atomic E-state index is 11.4. The standard InChI is InChI=1S/C11H8ClNO4/c1-5-3-6(2)10-7(4-5)8(12)9(13(15)16)11(14)17-10/h3-4H,1-2H3. The zero-order valence-corrected chi connectivity index (χ0v) is 9.87. The summed E-state index contributed by atoms with van der Waals surface area (Å²) in [5.41, 5.74) is 0.147. The van der Waals surface area contributed by atoms with Crippen molar-refractivity contribution in [3.63, 3.8) is 0 Å². The van der Waals surface area contributed by atoms with E-state index in [4.69, 9.17) is 16.0 Å². The molecule has 0 N–H and O–H groups in total. The molecular formula is C11H8ClNO4. The molecule has 0 aliphatic heterocycles. The first kappa shape index (κ1) is 11.6. The van der Waals surface area contributed by atoms with Crippen LogP contribution in [0.2, 0.25) is 5.02 Å². The van der Waals surface area contributed by atoms with Gasteiger partial charge in [0.15, 0.2) is 0 Å². The fourth-order valence-corrected chi connectivity index (χ4v) is 2.05. The second kappa shape index (κ2) is 3.85. The molecule has 0 radical (unpaired) electrons. The van der Waals surface area contributed by atoms with Crippen molar-refractivity contribution in [2.24, 2.45) is 0 Å². The first-order valence-electron chi connectivity index (χ1n) is 4.79. The Bertz CT molecular complexity index is 690. The van der Waals surface area contributed by atoms with E-state index in [0.29, 0.717) is 10.9 Å². The van der Waals surface area contributed by atoms with Crippen LogP contribution in [-0.2, 0) is 0 Å². The minimum absolute atomic E-state index is 0.173. The van der Waals surface area contributed by atoms with Crippen molar-refractivity contribution in [3.8, 4) is 0 Å². The van der Waals surface area contributed by atoms with Gasteiger partial charge in [-0.25, -0.2) is 4.79 Å². The van der Waals surface area contributed by atoms with Crippen molar-refractivity contribution in [1.82, 2.24) is 0 Å². The SMILES string of the molecule is Cc1cc(C)c2oc(=O)c([N+](=O)[O-])c(Cl)c2c1. The highest BCUT2D eigenvalue weighted by Crippen LogP contribution is 2.31. The lowest BCUT2D eigenvalue weighted by molar-refractivity contribution is -0.387. The van der Waals surface area contributed by atoms with Gasteiger partial charge in [0.25, 0.3) is 0 Å². The first-order chi connectivity index (χ1) is 7.91. The van der Waals surface area contributed by atoms with Crippen LogP contribution in [0.1, 0.15) is 11.1 Å². The van der Waals surface area contributed by atoms with Crippen LogP contribution >= 0.6 is 11.6 Å². The number of nitrogens with zero attached hydrogens (tertiary/aromatic N) is 1. The molecule has 2 aromatic rings. The molecule has 0 atom stereocenters. The van der Waals surface area contributed by atoms with Gasteiger partial charge in [0.2, 0.25) is 0 Å². The van der Waals surface area contributed by atoms with Crippen molar-refractivity contribution < 1.29 is 9.34 Å². The van der Waals surface area contributed by atoms with E-state index in [0.717, 1.165) is 5.56 Å². The summed E-state index contributed by atoms with van der Waals surface area (Å²) in [5.74, 6) is 0. The van der Waals surface area contributed by atoms with E-state index in [1.165, 1.54) is 0 Å². The number of rotatable bonds is 1. The van der Waals surface area contributed by atoms with Crippen LogP contribution in [0.15, 0.2) is 21.3 Å².